The van der Waals surface area contributed by atoms with E-state index in [4.69, 9.17) is 4.52 Å². The Kier molecular flexibility index (Phi) is 4.10. The summed E-state index contributed by atoms with van der Waals surface area (Å²) in [5, 5.41) is 11.7. The van der Waals surface area contributed by atoms with E-state index < -0.39 is 0 Å². The number of anilines is 1. The summed E-state index contributed by atoms with van der Waals surface area (Å²) < 4.78 is 7.25. The van der Waals surface area contributed by atoms with Crippen LogP contribution in [0.3, 0.4) is 0 Å². The standard InChI is InChI=1S/C16H20N6O/c1-10-8-12(3)22(20-10)9-11(2)18-15-14(6-5-7-17-15)16-19-13(4)21-23-16/h5-8,11H,9H2,1-4H3,(H,17,18)/t11-/m0/s1. The zero-order valence-electron chi connectivity index (χ0n) is 13.7. The molecule has 0 spiro atoms. The van der Waals surface area contributed by atoms with Gasteiger partial charge in [-0.25, -0.2) is 4.98 Å². The number of nitrogens with zero attached hydrogens (tertiary/aromatic N) is 5. The van der Waals surface area contributed by atoms with Gasteiger partial charge in [0.25, 0.3) is 5.89 Å². The molecule has 120 valence electrons. The zero-order valence-corrected chi connectivity index (χ0v) is 13.7. The Hall–Kier alpha value is -2.70. The van der Waals surface area contributed by atoms with Crippen LogP contribution in [0.2, 0.25) is 0 Å². The van der Waals surface area contributed by atoms with Crippen molar-refractivity contribution in [2.75, 3.05) is 5.32 Å². The van der Waals surface area contributed by atoms with E-state index >= 15 is 0 Å². The van der Waals surface area contributed by atoms with E-state index in [1.165, 1.54) is 0 Å². The first-order valence-corrected chi connectivity index (χ1v) is 7.56. The average Bonchev–Trinajstić information content (AvgIpc) is 3.05. The Morgan fingerprint density at radius 1 is 1.30 bits per heavy atom. The average molecular weight is 312 g/mol. The van der Waals surface area contributed by atoms with Gasteiger partial charge >= 0.3 is 0 Å². The van der Waals surface area contributed by atoms with Crippen molar-refractivity contribution < 1.29 is 4.52 Å². The monoisotopic (exact) mass is 312 g/mol. The predicted octanol–water partition coefficient (Wildman–Crippen LogP) is 2.75. The Labute approximate surface area is 134 Å². The maximum atomic E-state index is 5.25. The van der Waals surface area contributed by atoms with Crippen molar-refractivity contribution in [2.24, 2.45) is 0 Å². The molecule has 0 amide bonds. The van der Waals surface area contributed by atoms with E-state index in [-0.39, 0.29) is 6.04 Å². The smallest absolute Gasteiger partial charge is 0.261 e. The van der Waals surface area contributed by atoms with Crippen LogP contribution in [0.1, 0.15) is 24.1 Å². The van der Waals surface area contributed by atoms with Gasteiger partial charge in [0, 0.05) is 17.9 Å². The first kappa shape index (κ1) is 15.2. The van der Waals surface area contributed by atoms with Gasteiger partial charge in [0.1, 0.15) is 5.82 Å². The molecule has 0 radical (unpaired) electrons. The molecule has 1 N–H and O–H groups in total. The third kappa shape index (κ3) is 3.39. The molecule has 0 aromatic carbocycles. The van der Waals surface area contributed by atoms with Crippen LogP contribution in [-0.2, 0) is 6.54 Å². The minimum atomic E-state index is 0.144. The Balaban J connectivity index is 1.79. The van der Waals surface area contributed by atoms with Crippen LogP contribution in [0.5, 0.6) is 0 Å². The van der Waals surface area contributed by atoms with E-state index in [9.17, 15) is 0 Å². The second-order valence-electron chi connectivity index (χ2n) is 5.70. The second-order valence-corrected chi connectivity index (χ2v) is 5.70. The third-order valence-corrected chi connectivity index (χ3v) is 3.50. The third-order valence-electron chi connectivity index (χ3n) is 3.50. The van der Waals surface area contributed by atoms with Gasteiger partial charge in [0.2, 0.25) is 0 Å². The number of hydrogen-bond donors (Lipinski definition) is 1. The number of pyridine rings is 1. The van der Waals surface area contributed by atoms with Gasteiger partial charge in [-0.05, 0) is 45.9 Å². The highest BCUT2D eigenvalue weighted by Crippen LogP contribution is 2.24. The van der Waals surface area contributed by atoms with E-state index in [1.54, 1.807) is 13.1 Å². The molecule has 23 heavy (non-hydrogen) atoms. The van der Waals surface area contributed by atoms with Gasteiger partial charge in [0.15, 0.2) is 5.82 Å². The van der Waals surface area contributed by atoms with Crippen molar-refractivity contribution in [3.8, 4) is 11.5 Å². The number of aryl methyl sites for hydroxylation is 3. The zero-order chi connectivity index (χ0) is 16.4. The van der Waals surface area contributed by atoms with Gasteiger partial charge in [-0.3, -0.25) is 4.68 Å². The van der Waals surface area contributed by atoms with E-state index in [0.717, 1.165) is 29.3 Å². The molecule has 0 aliphatic carbocycles. The highest BCUT2D eigenvalue weighted by atomic mass is 16.5. The summed E-state index contributed by atoms with van der Waals surface area (Å²) in [6.07, 6.45) is 1.74. The summed E-state index contributed by atoms with van der Waals surface area (Å²) in [5.41, 5.74) is 2.97. The lowest BCUT2D eigenvalue weighted by Gasteiger charge is -2.17. The largest absolute Gasteiger partial charge is 0.365 e. The van der Waals surface area contributed by atoms with Crippen molar-refractivity contribution in [1.82, 2.24) is 24.9 Å². The maximum Gasteiger partial charge on any atom is 0.261 e. The molecule has 3 aromatic rings. The molecule has 0 aliphatic heterocycles. The highest BCUT2D eigenvalue weighted by Gasteiger charge is 2.15. The number of hydrogen-bond acceptors (Lipinski definition) is 6. The van der Waals surface area contributed by atoms with Crippen LogP contribution in [0.25, 0.3) is 11.5 Å². The molecule has 1 atom stereocenters. The van der Waals surface area contributed by atoms with E-state index in [2.05, 4.69) is 45.5 Å². The van der Waals surface area contributed by atoms with Crippen molar-refractivity contribution in [3.63, 3.8) is 0 Å². The summed E-state index contributed by atoms with van der Waals surface area (Å²) in [4.78, 5) is 8.68. The molecule has 7 heteroatoms. The van der Waals surface area contributed by atoms with Gasteiger partial charge in [-0.2, -0.15) is 10.1 Å². The fourth-order valence-electron chi connectivity index (χ4n) is 2.50. The molecule has 0 saturated carbocycles. The molecule has 0 unspecified atom stereocenters. The summed E-state index contributed by atoms with van der Waals surface area (Å²) in [5.74, 6) is 1.80. The van der Waals surface area contributed by atoms with Gasteiger partial charge < -0.3 is 9.84 Å². The van der Waals surface area contributed by atoms with Crippen molar-refractivity contribution >= 4 is 5.82 Å². The van der Waals surface area contributed by atoms with Gasteiger partial charge in [-0.1, -0.05) is 5.16 Å². The van der Waals surface area contributed by atoms with Crippen LogP contribution in [-0.4, -0.2) is 30.9 Å². The normalized spacial score (nSPS) is 12.3. The molecule has 3 aromatic heterocycles. The van der Waals surface area contributed by atoms with Crippen LogP contribution in [0, 0.1) is 20.8 Å². The van der Waals surface area contributed by atoms with Crippen molar-refractivity contribution in [2.45, 2.75) is 40.3 Å². The first-order valence-electron chi connectivity index (χ1n) is 7.56. The van der Waals surface area contributed by atoms with E-state index in [1.807, 2.05) is 23.7 Å². The van der Waals surface area contributed by atoms with Crippen LogP contribution >= 0.6 is 0 Å². The maximum absolute atomic E-state index is 5.25. The predicted molar refractivity (Wildman–Crippen MR) is 87.1 cm³/mol. The summed E-state index contributed by atoms with van der Waals surface area (Å²) in [6, 6.07) is 5.98. The number of aromatic nitrogens is 5. The van der Waals surface area contributed by atoms with Crippen molar-refractivity contribution in [1.29, 1.82) is 0 Å². The lowest BCUT2D eigenvalue weighted by molar-refractivity contribution is 0.425. The quantitative estimate of drug-likeness (QED) is 0.780. The van der Waals surface area contributed by atoms with Crippen LogP contribution < -0.4 is 5.32 Å². The number of nitrogens with one attached hydrogen (secondary N) is 1. The topological polar surface area (TPSA) is 81.7 Å². The van der Waals surface area contributed by atoms with Crippen molar-refractivity contribution in [3.05, 3.63) is 41.6 Å². The highest BCUT2D eigenvalue weighted by molar-refractivity contribution is 5.68. The summed E-state index contributed by atoms with van der Waals surface area (Å²) in [7, 11) is 0. The Bertz CT molecular complexity index is 807. The SMILES string of the molecule is Cc1cc(C)n(C[C@H](C)Nc2ncccc2-c2nc(C)no2)n1. The fourth-order valence-corrected chi connectivity index (χ4v) is 2.50. The lowest BCUT2D eigenvalue weighted by atomic mass is 10.2. The van der Waals surface area contributed by atoms with Gasteiger partial charge in [-0.15, -0.1) is 0 Å². The lowest BCUT2D eigenvalue weighted by Crippen LogP contribution is -2.24. The fraction of sp³-hybridized carbons (Fsp3) is 0.375. The molecule has 3 rings (SSSR count). The van der Waals surface area contributed by atoms with Crippen LogP contribution in [0.4, 0.5) is 5.82 Å². The molecule has 0 aliphatic rings. The summed E-state index contributed by atoms with van der Waals surface area (Å²) in [6.45, 7) is 8.69. The summed E-state index contributed by atoms with van der Waals surface area (Å²) >= 11 is 0. The Morgan fingerprint density at radius 2 is 2.13 bits per heavy atom. The molecule has 0 bridgehead atoms. The minimum Gasteiger partial charge on any atom is -0.365 e. The molecule has 0 saturated heterocycles. The Morgan fingerprint density at radius 3 is 2.78 bits per heavy atom. The molecular weight excluding hydrogens is 292 g/mol. The minimum absolute atomic E-state index is 0.144. The number of rotatable bonds is 5. The molecule has 0 fully saturated rings. The second kappa shape index (κ2) is 6.20. The molecular formula is C16H20N6O. The molecule has 7 nitrogen and oxygen atoms in total. The molecule has 3 heterocycles. The van der Waals surface area contributed by atoms with Crippen LogP contribution in [0.15, 0.2) is 28.9 Å². The van der Waals surface area contributed by atoms with Gasteiger partial charge in [0.05, 0.1) is 17.8 Å². The first-order chi connectivity index (χ1) is 11.0. The van der Waals surface area contributed by atoms with E-state index in [0.29, 0.717) is 11.7 Å².